The normalized spacial score (nSPS) is 14.7. The van der Waals surface area contributed by atoms with Gasteiger partial charge in [-0.05, 0) is 19.2 Å². The van der Waals surface area contributed by atoms with E-state index >= 15 is 0 Å². The molecule has 1 rings (SSSR count). The molecule has 0 saturated heterocycles. The Morgan fingerprint density at radius 2 is 2.05 bits per heavy atom. The van der Waals surface area contributed by atoms with Crippen molar-refractivity contribution < 1.29 is 13.6 Å². The largest absolute Gasteiger partial charge is 0.406 e. The van der Waals surface area contributed by atoms with Crippen LogP contribution in [0.25, 0.3) is 0 Å². The molecule has 1 aromatic heterocycles. The van der Waals surface area contributed by atoms with Crippen molar-refractivity contribution in [3.05, 3.63) is 17.6 Å². The van der Waals surface area contributed by atoms with Gasteiger partial charge in [-0.1, -0.05) is 33.0 Å². The van der Waals surface area contributed by atoms with Crippen LogP contribution in [-0.2, 0) is 14.5 Å². The maximum Gasteiger partial charge on any atom is 0.385 e. The molecular formula is C13H21N2O3PS. The van der Waals surface area contributed by atoms with E-state index in [4.69, 9.17) is 21.3 Å². The van der Waals surface area contributed by atoms with Crippen molar-refractivity contribution >= 4 is 25.2 Å². The molecule has 0 aliphatic carbocycles. The van der Waals surface area contributed by atoms with Gasteiger partial charge < -0.3 is 4.52 Å². The van der Waals surface area contributed by atoms with E-state index in [0.29, 0.717) is 5.82 Å². The standard InChI is InChI=1S/C13H21N2O3PS/c1-6-17-19(16,7-8-20)18-11-9-10(2)14-12(15-11)13(3,4)5/h8-9H,6-7H2,1-5H3. The molecule has 0 spiro atoms. The third kappa shape index (κ3) is 4.93. The zero-order valence-electron chi connectivity index (χ0n) is 12.5. The van der Waals surface area contributed by atoms with Gasteiger partial charge in [0.05, 0.1) is 12.8 Å². The Morgan fingerprint density at radius 3 is 2.55 bits per heavy atom. The monoisotopic (exact) mass is 316 g/mol. The molecule has 0 bridgehead atoms. The number of rotatable bonds is 6. The first kappa shape index (κ1) is 17.2. The van der Waals surface area contributed by atoms with E-state index in [-0.39, 0.29) is 24.1 Å². The molecule has 1 atom stereocenters. The summed E-state index contributed by atoms with van der Waals surface area (Å²) in [6.07, 6.45) is 0.0735. The topological polar surface area (TPSA) is 61.3 Å². The third-order valence-electron chi connectivity index (χ3n) is 2.36. The van der Waals surface area contributed by atoms with Gasteiger partial charge in [-0.3, -0.25) is 4.52 Å². The minimum absolute atomic E-state index is 0.0735. The number of hydrogen-bond acceptors (Lipinski definition) is 6. The molecular weight excluding hydrogens is 295 g/mol. The van der Waals surface area contributed by atoms with Crippen molar-refractivity contribution in [2.75, 3.05) is 12.8 Å². The first-order valence-electron chi connectivity index (χ1n) is 6.43. The molecule has 0 aliphatic heterocycles. The van der Waals surface area contributed by atoms with Gasteiger partial charge >= 0.3 is 7.60 Å². The van der Waals surface area contributed by atoms with E-state index < -0.39 is 7.60 Å². The molecule has 0 radical (unpaired) electrons. The number of thiocarbonyl (C=S) groups is 1. The molecule has 5 nitrogen and oxygen atoms in total. The van der Waals surface area contributed by atoms with Gasteiger partial charge in [0.15, 0.2) is 0 Å². The summed E-state index contributed by atoms with van der Waals surface area (Å²) in [5, 5.41) is 1.36. The second kappa shape index (κ2) is 6.74. The second-order valence-electron chi connectivity index (χ2n) is 5.39. The van der Waals surface area contributed by atoms with Crippen LogP contribution in [0.2, 0.25) is 0 Å². The van der Waals surface area contributed by atoms with E-state index in [1.165, 1.54) is 5.37 Å². The first-order valence-corrected chi connectivity index (χ1v) is 8.63. The average molecular weight is 316 g/mol. The fourth-order valence-corrected chi connectivity index (χ4v) is 3.20. The minimum atomic E-state index is -3.28. The molecule has 0 saturated carbocycles. The van der Waals surface area contributed by atoms with E-state index in [2.05, 4.69) is 9.97 Å². The van der Waals surface area contributed by atoms with Crippen LogP contribution >= 0.6 is 19.8 Å². The lowest BCUT2D eigenvalue weighted by Gasteiger charge is -2.20. The Morgan fingerprint density at radius 1 is 1.40 bits per heavy atom. The van der Waals surface area contributed by atoms with Crippen LogP contribution in [0.5, 0.6) is 5.88 Å². The van der Waals surface area contributed by atoms with Gasteiger partial charge in [0, 0.05) is 17.2 Å². The van der Waals surface area contributed by atoms with Crippen molar-refractivity contribution in [2.45, 2.75) is 40.0 Å². The fourth-order valence-electron chi connectivity index (χ4n) is 1.47. The van der Waals surface area contributed by atoms with Crippen LogP contribution in [-0.4, -0.2) is 28.1 Å². The number of aryl methyl sites for hydroxylation is 1. The summed E-state index contributed by atoms with van der Waals surface area (Å²) in [6, 6.07) is 1.64. The zero-order valence-corrected chi connectivity index (χ0v) is 14.3. The smallest absolute Gasteiger partial charge is 0.385 e. The van der Waals surface area contributed by atoms with Gasteiger partial charge in [-0.15, -0.1) is 0 Å². The quantitative estimate of drug-likeness (QED) is 0.589. The maximum atomic E-state index is 12.5. The van der Waals surface area contributed by atoms with Crippen LogP contribution in [0.1, 0.15) is 39.2 Å². The van der Waals surface area contributed by atoms with Crippen LogP contribution in [0, 0.1) is 6.92 Å². The number of aromatic nitrogens is 2. The average Bonchev–Trinajstić information content (AvgIpc) is 2.26. The summed E-state index contributed by atoms with van der Waals surface area (Å²) < 4.78 is 23.2. The van der Waals surface area contributed by atoms with Crippen molar-refractivity contribution in [3.8, 4) is 5.88 Å². The van der Waals surface area contributed by atoms with E-state index in [9.17, 15) is 4.57 Å². The number of hydrogen-bond donors (Lipinski definition) is 0. The summed E-state index contributed by atoms with van der Waals surface area (Å²) in [6.45, 7) is 9.90. The molecule has 1 unspecified atom stereocenters. The van der Waals surface area contributed by atoms with Crippen LogP contribution in [0.15, 0.2) is 6.07 Å². The molecule has 1 aromatic rings. The summed E-state index contributed by atoms with van der Waals surface area (Å²) in [5.41, 5.74) is 0.537. The molecule has 0 aromatic carbocycles. The lowest BCUT2D eigenvalue weighted by Crippen LogP contribution is -2.17. The summed E-state index contributed by atoms with van der Waals surface area (Å²) in [7, 11) is -3.28. The van der Waals surface area contributed by atoms with E-state index in [1.54, 1.807) is 13.0 Å². The lowest BCUT2D eigenvalue weighted by molar-refractivity contribution is 0.279. The van der Waals surface area contributed by atoms with Crippen molar-refractivity contribution in [2.24, 2.45) is 0 Å². The molecule has 20 heavy (non-hydrogen) atoms. The Balaban J connectivity index is 3.10. The van der Waals surface area contributed by atoms with Gasteiger partial charge in [0.2, 0.25) is 5.88 Å². The van der Waals surface area contributed by atoms with Gasteiger partial charge in [0.1, 0.15) is 5.82 Å². The Bertz CT molecular complexity index is 529. The van der Waals surface area contributed by atoms with Crippen LogP contribution < -0.4 is 4.52 Å². The lowest BCUT2D eigenvalue weighted by atomic mass is 9.96. The third-order valence-corrected chi connectivity index (χ3v) is 4.52. The maximum absolute atomic E-state index is 12.5. The van der Waals surface area contributed by atoms with Crippen molar-refractivity contribution in [1.82, 2.24) is 9.97 Å². The highest BCUT2D eigenvalue weighted by Gasteiger charge is 2.26. The highest BCUT2D eigenvalue weighted by atomic mass is 32.1. The Hall–Kier alpha value is -0.840. The molecule has 0 fully saturated rings. The minimum Gasteiger partial charge on any atom is -0.406 e. The van der Waals surface area contributed by atoms with Crippen LogP contribution in [0.4, 0.5) is 0 Å². The van der Waals surface area contributed by atoms with E-state index in [1.807, 2.05) is 27.7 Å². The molecule has 1 heterocycles. The fraction of sp³-hybridized carbons (Fsp3) is 0.615. The van der Waals surface area contributed by atoms with E-state index in [0.717, 1.165) is 5.69 Å². The molecule has 0 aliphatic rings. The highest BCUT2D eigenvalue weighted by molar-refractivity contribution is 7.80. The Labute approximate surface area is 125 Å². The Kier molecular flexibility index (Phi) is 5.80. The van der Waals surface area contributed by atoms with Crippen LogP contribution in [0.3, 0.4) is 0 Å². The molecule has 112 valence electrons. The zero-order chi connectivity index (χ0) is 15.4. The van der Waals surface area contributed by atoms with Gasteiger partial charge in [-0.25, -0.2) is 9.55 Å². The van der Waals surface area contributed by atoms with Gasteiger partial charge in [-0.2, -0.15) is 4.98 Å². The summed E-state index contributed by atoms with van der Waals surface area (Å²) >= 11 is 4.75. The predicted octanol–water partition coefficient (Wildman–Crippen LogP) is 3.69. The number of nitrogens with zero attached hydrogens (tertiary/aromatic N) is 2. The predicted molar refractivity (Wildman–Crippen MR) is 83.9 cm³/mol. The second-order valence-corrected chi connectivity index (χ2v) is 7.75. The summed E-state index contributed by atoms with van der Waals surface area (Å²) in [5.74, 6) is 0.897. The first-order chi connectivity index (χ1) is 9.20. The molecule has 7 heteroatoms. The molecule has 0 amide bonds. The SMILES string of the molecule is CCOP(=O)(CC=S)Oc1cc(C)nc(C(C)(C)C)n1. The van der Waals surface area contributed by atoms with Gasteiger partial charge in [0.25, 0.3) is 0 Å². The summed E-state index contributed by atoms with van der Waals surface area (Å²) in [4.78, 5) is 8.70. The molecule has 0 N–H and O–H groups in total. The van der Waals surface area contributed by atoms with Crippen molar-refractivity contribution in [3.63, 3.8) is 0 Å². The highest BCUT2D eigenvalue weighted by Crippen LogP contribution is 2.47. The van der Waals surface area contributed by atoms with Crippen molar-refractivity contribution in [1.29, 1.82) is 0 Å².